The van der Waals surface area contributed by atoms with Gasteiger partial charge in [0.05, 0.1) is 25.8 Å². The third kappa shape index (κ3) is 4.17. The average Bonchev–Trinajstić information content (AvgIpc) is 3.16. The number of nitrogens with zero attached hydrogens (tertiary/aromatic N) is 3. The molecule has 7 nitrogen and oxygen atoms in total. The molecule has 2 N–H and O–H groups in total. The monoisotopic (exact) mass is 344 g/mol. The molecule has 1 fully saturated rings. The third-order valence-corrected chi connectivity index (χ3v) is 4.44. The molecule has 1 saturated heterocycles. The number of nitrogens with one attached hydrogen (secondary N) is 1. The van der Waals surface area contributed by atoms with Gasteiger partial charge < -0.3 is 14.7 Å². The normalized spacial score (nSPS) is 20.5. The lowest BCUT2D eigenvalue weighted by Gasteiger charge is -2.38. The maximum atomic E-state index is 12.7. The fourth-order valence-electron chi connectivity index (χ4n) is 3.14. The Labute approximate surface area is 147 Å². The summed E-state index contributed by atoms with van der Waals surface area (Å²) in [6.07, 6.45) is 4.05. The number of aliphatic hydroxyl groups is 1. The number of H-pyrrole nitrogens is 1. The van der Waals surface area contributed by atoms with Gasteiger partial charge in [0, 0.05) is 6.54 Å². The summed E-state index contributed by atoms with van der Waals surface area (Å²) >= 11 is 0. The number of aromatic nitrogens is 3. The van der Waals surface area contributed by atoms with Crippen LogP contribution in [0, 0.1) is 0 Å². The number of rotatable bonds is 6. The number of piperidine rings is 1. The maximum Gasteiger partial charge on any atom is 0.227 e. The number of carbonyl (C=O) groups excluding carboxylic acids is 1. The Morgan fingerprint density at radius 2 is 2.36 bits per heavy atom. The Bertz CT molecular complexity index is 704. The zero-order chi connectivity index (χ0) is 17.7. The number of hydrogen-bond donors (Lipinski definition) is 2. The van der Waals surface area contributed by atoms with Gasteiger partial charge in [0.15, 0.2) is 0 Å². The zero-order valence-corrected chi connectivity index (χ0v) is 14.4. The predicted molar refractivity (Wildman–Crippen MR) is 92.0 cm³/mol. The van der Waals surface area contributed by atoms with Crippen LogP contribution in [0.25, 0.3) is 0 Å². The summed E-state index contributed by atoms with van der Waals surface area (Å²) in [7, 11) is 0. The second-order valence-corrected chi connectivity index (χ2v) is 6.48. The lowest BCUT2D eigenvalue weighted by atomic mass is 9.89. The van der Waals surface area contributed by atoms with Crippen LogP contribution < -0.4 is 4.74 Å². The molecule has 7 heteroatoms. The smallest absolute Gasteiger partial charge is 0.227 e. The molecule has 1 amide bonds. The van der Waals surface area contributed by atoms with E-state index >= 15 is 0 Å². The molecule has 0 spiro atoms. The van der Waals surface area contributed by atoms with Gasteiger partial charge in [-0.1, -0.05) is 19.1 Å². The molecule has 1 atom stereocenters. The van der Waals surface area contributed by atoms with Crippen molar-refractivity contribution < 1.29 is 14.6 Å². The molecule has 0 aliphatic carbocycles. The average molecular weight is 344 g/mol. The first-order valence-electron chi connectivity index (χ1n) is 8.69. The van der Waals surface area contributed by atoms with Crippen LogP contribution in [0.3, 0.4) is 0 Å². The molecule has 2 heterocycles. The van der Waals surface area contributed by atoms with Crippen molar-refractivity contribution in [1.82, 2.24) is 20.3 Å². The molecule has 1 aliphatic rings. The van der Waals surface area contributed by atoms with Gasteiger partial charge in [0.25, 0.3) is 0 Å². The van der Waals surface area contributed by atoms with Crippen molar-refractivity contribution in [2.24, 2.45) is 0 Å². The fourth-order valence-corrected chi connectivity index (χ4v) is 3.14. The molecule has 3 rings (SSSR count). The highest BCUT2D eigenvalue weighted by Crippen LogP contribution is 2.30. The number of hydrogen-bond acceptors (Lipinski definition) is 5. The minimum Gasteiger partial charge on any atom is -0.494 e. The molecule has 25 heavy (non-hydrogen) atoms. The van der Waals surface area contributed by atoms with Crippen molar-refractivity contribution in [3.8, 4) is 5.75 Å². The van der Waals surface area contributed by atoms with Gasteiger partial charge in [-0.2, -0.15) is 15.4 Å². The summed E-state index contributed by atoms with van der Waals surface area (Å²) in [6, 6.07) is 7.62. The van der Waals surface area contributed by atoms with Crippen LogP contribution in [-0.4, -0.2) is 51.0 Å². The number of carbonyl (C=O) groups is 1. The summed E-state index contributed by atoms with van der Waals surface area (Å²) in [5.41, 5.74) is 0.265. The predicted octanol–water partition coefficient (Wildman–Crippen LogP) is 1.65. The first kappa shape index (κ1) is 17.4. The molecule has 0 radical (unpaired) electrons. The van der Waals surface area contributed by atoms with Gasteiger partial charge in [0.2, 0.25) is 5.91 Å². The van der Waals surface area contributed by atoms with Crippen LogP contribution in [0.5, 0.6) is 5.75 Å². The summed E-state index contributed by atoms with van der Waals surface area (Å²) < 4.78 is 5.62. The maximum absolute atomic E-state index is 12.7. The molecular weight excluding hydrogens is 320 g/mol. The summed E-state index contributed by atoms with van der Waals surface area (Å²) in [5, 5.41) is 21.1. The zero-order valence-electron chi connectivity index (χ0n) is 14.4. The lowest BCUT2D eigenvalue weighted by Crippen LogP contribution is -2.49. The minimum absolute atomic E-state index is 0.00531. The van der Waals surface area contributed by atoms with Crippen LogP contribution in [0.2, 0.25) is 0 Å². The van der Waals surface area contributed by atoms with E-state index < -0.39 is 5.60 Å². The number of aromatic amines is 1. The van der Waals surface area contributed by atoms with Crippen molar-refractivity contribution in [1.29, 1.82) is 0 Å². The van der Waals surface area contributed by atoms with E-state index in [4.69, 9.17) is 4.74 Å². The number of amides is 1. The van der Waals surface area contributed by atoms with E-state index in [0.29, 0.717) is 25.3 Å². The largest absolute Gasteiger partial charge is 0.494 e. The number of benzene rings is 1. The van der Waals surface area contributed by atoms with Crippen molar-refractivity contribution in [2.45, 2.75) is 38.2 Å². The van der Waals surface area contributed by atoms with Crippen LogP contribution in [-0.2, 0) is 16.8 Å². The molecular formula is C18H24N4O3. The second-order valence-electron chi connectivity index (χ2n) is 6.48. The SMILES string of the molecule is CCCOc1cccc(CC(=O)N2CCC[C@@](O)(c3cn[nH]n3)C2)c1. The molecule has 134 valence electrons. The van der Waals surface area contributed by atoms with Crippen molar-refractivity contribution in [2.75, 3.05) is 19.7 Å². The van der Waals surface area contributed by atoms with Crippen molar-refractivity contribution >= 4 is 5.91 Å². The Hall–Kier alpha value is -2.41. The van der Waals surface area contributed by atoms with E-state index in [-0.39, 0.29) is 18.9 Å². The quantitative estimate of drug-likeness (QED) is 0.831. The van der Waals surface area contributed by atoms with Crippen molar-refractivity contribution in [3.63, 3.8) is 0 Å². The molecule has 0 unspecified atom stereocenters. The number of likely N-dealkylation sites (tertiary alicyclic amines) is 1. The fraction of sp³-hybridized carbons (Fsp3) is 0.500. The molecule has 0 saturated carbocycles. The molecule has 1 aromatic carbocycles. The highest BCUT2D eigenvalue weighted by atomic mass is 16.5. The highest BCUT2D eigenvalue weighted by molar-refractivity contribution is 5.79. The number of ether oxygens (including phenoxy) is 1. The Kier molecular flexibility index (Phi) is 5.33. The number of β-amino-alcohol motifs (C(OH)–C–C–N with tert-alkyl or cyclic N) is 1. The third-order valence-electron chi connectivity index (χ3n) is 4.44. The molecule has 1 aliphatic heterocycles. The van der Waals surface area contributed by atoms with Crippen LogP contribution in [0.15, 0.2) is 30.5 Å². The Morgan fingerprint density at radius 3 is 3.12 bits per heavy atom. The summed E-state index contributed by atoms with van der Waals surface area (Å²) in [5.74, 6) is 0.777. The topological polar surface area (TPSA) is 91.3 Å². The van der Waals surface area contributed by atoms with Crippen LogP contribution in [0.4, 0.5) is 0 Å². The van der Waals surface area contributed by atoms with Gasteiger partial charge in [-0.05, 0) is 37.0 Å². The minimum atomic E-state index is -1.13. The van der Waals surface area contributed by atoms with E-state index in [0.717, 1.165) is 24.2 Å². The second kappa shape index (κ2) is 7.65. The van der Waals surface area contributed by atoms with Crippen LogP contribution >= 0.6 is 0 Å². The van der Waals surface area contributed by atoms with E-state index in [1.807, 2.05) is 24.3 Å². The molecule has 2 aromatic rings. The van der Waals surface area contributed by atoms with Gasteiger partial charge in [-0.25, -0.2) is 0 Å². The van der Waals surface area contributed by atoms with Gasteiger partial charge in [-0.3, -0.25) is 4.79 Å². The van der Waals surface area contributed by atoms with Crippen LogP contribution in [0.1, 0.15) is 37.4 Å². The van der Waals surface area contributed by atoms with E-state index in [1.54, 1.807) is 4.90 Å². The van der Waals surface area contributed by atoms with Gasteiger partial charge >= 0.3 is 0 Å². The molecule has 1 aromatic heterocycles. The highest BCUT2D eigenvalue weighted by Gasteiger charge is 2.38. The first-order chi connectivity index (χ1) is 12.1. The first-order valence-corrected chi connectivity index (χ1v) is 8.69. The van der Waals surface area contributed by atoms with Gasteiger partial charge in [-0.15, -0.1) is 0 Å². The Morgan fingerprint density at radius 1 is 1.48 bits per heavy atom. The lowest BCUT2D eigenvalue weighted by molar-refractivity contribution is -0.138. The summed E-state index contributed by atoms with van der Waals surface area (Å²) in [6.45, 7) is 3.60. The van der Waals surface area contributed by atoms with E-state index in [2.05, 4.69) is 22.3 Å². The van der Waals surface area contributed by atoms with E-state index in [1.165, 1.54) is 6.20 Å². The van der Waals surface area contributed by atoms with Crippen molar-refractivity contribution in [3.05, 3.63) is 41.7 Å². The Balaban J connectivity index is 1.65. The van der Waals surface area contributed by atoms with Gasteiger partial charge in [0.1, 0.15) is 17.0 Å². The summed E-state index contributed by atoms with van der Waals surface area (Å²) in [4.78, 5) is 14.4. The standard InChI is InChI=1S/C18H24N4O3/c1-2-9-25-15-6-3-5-14(10-15)11-17(23)22-8-4-7-18(24,13-22)16-12-19-21-20-16/h3,5-6,10,12,24H,2,4,7-9,11,13H2,1H3,(H,19,20,21)/t18-/m0/s1. The molecule has 0 bridgehead atoms. The van der Waals surface area contributed by atoms with E-state index in [9.17, 15) is 9.90 Å².